The first-order valence-electron chi connectivity index (χ1n) is 5.86. The van der Waals surface area contributed by atoms with Gasteiger partial charge in [-0.25, -0.2) is 0 Å². The van der Waals surface area contributed by atoms with Crippen molar-refractivity contribution in [2.75, 3.05) is 0 Å². The Labute approximate surface area is 112 Å². The summed E-state index contributed by atoms with van der Waals surface area (Å²) in [5.74, 6) is 1.61. The molecule has 0 fully saturated rings. The molecule has 0 aliphatic rings. The van der Waals surface area contributed by atoms with Crippen LogP contribution in [0, 0.1) is 6.92 Å². The molecule has 0 spiro atoms. The number of halogens is 1. The number of rotatable bonds is 3. The zero-order valence-corrected chi connectivity index (χ0v) is 11.2. The van der Waals surface area contributed by atoms with Gasteiger partial charge < -0.3 is 10.5 Å². The minimum Gasteiger partial charge on any atom is -0.457 e. The van der Waals surface area contributed by atoms with Crippen LogP contribution in [0.15, 0.2) is 42.5 Å². The highest BCUT2D eigenvalue weighted by Crippen LogP contribution is 2.27. The van der Waals surface area contributed by atoms with E-state index in [-0.39, 0.29) is 6.04 Å². The molecule has 94 valence electrons. The average molecular weight is 262 g/mol. The van der Waals surface area contributed by atoms with Crippen LogP contribution in [-0.4, -0.2) is 0 Å². The smallest absolute Gasteiger partial charge is 0.130 e. The van der Waals surface area contributed by atoms with Crippen LogP contribution in [0.4, 0.5) is 0 Å². The molecule has 0 radical (unpaired) electrons. The zero-order valence-electron chi connectivity index (χ0n) is 10.5. The van der Waals surface area contributed by atoms with E-state index in [2.05, 4.69) is 0 Å². The van der Waals surface area contributed by atoms with E-state index in [1.165, 1.54) is 0 Å². The summed E-state index contributed by atoms with van der Waals surface area (Å²) in [5.41, 5.74) is 7.91. The van der Waals surface area contributed by atoms with Gasteiger partial charge >= 0.3 is 0 Å². The predicted molar refractivity (Wildman–Crippen MR) is 75.3 cm³/mol. The third-order valence-corrected chi connectivity index (χ3v) is 3.01. The lowest BCUT2D eigenvalue weighted by Gasteiger charge is -2.10. The Bertz CT molecular complexity index is 535. The number of hydrogen-bond acceptors (Lipinski definition) is 2. The molecule has 0 heterocycles. The van der Waals surface area contributed by atoms with Gasteiger partial charge in [-0.3, -0.25) is 0 Å². The van der Waals surface area contributed by atoms with Crippen LogP contribution in [0.2, 0.25) is 5.02 Å². The standard InChI is InChI=1S/C15H16ClNO/c1-10-9-13(16)5-8-15(10)18-14-6-3-12(4-7-14)11(2)17/h3-9,11H,17H2,1-2H3. The van der Waals surface area contributed by atoms with Gasteiger partial charge in [0.2, 0.25) is 0 Å². The first-order valence-corrected chi connectivity index (χ1v) is 6.23. The Morgan fingerprint density at radius 2 is 1.78 bits per heavy atom. The molecule has 1 atom stereocenters. The van der Waals surface area contributed by atoms with Crippen molar-refractivity contribution < 1.29 is 4.74 Å². The predicted octanol–water partition coefficient (Wildman–Crippen LogP) is 4.46. The number of benzene rings is 2. The summed E-state index contributed by atoms with van der Waals surface area (Å²) in [7, 11) is 0. The highest BCUT2D eigenvalue weighted by molar-refractivity contribution is 6.30. The summed E-state index contributed by atoms with van der Waals surface area (Å²) in [6.07, 6.45) is 0. The molecule has 3 heteroatoms. The minimum absolute atomic E-state index is 0.0383. The van der Waals surface area contributed by atoms with Crippen LogP contribution < -0.4 is 10.5 Å². The van der Waals surface area contributed by atoms with Gasteiger partial charge in [-0.05, 0) is 55.3 Å². The van der Waals surface area contributed by atoms with Crippen molar-refractivity contribution >= 4 is 11.6 Å². The van der Waals surface area contributed by atoms with Crippen molar-refractivity contribution in [2.24, 2.45) is 5.73 Å². The molecule has 2 rings (SSSR count). The fourth-order valence-electron chi connectivity index (χ4n) is 1.69. The van der Waals surface area contributed by atoms with Crippen LogP contribution in [0.3, 0.4) is 0 Å². The molecule has 0 aliphatic heterocycles. The topological polar surface area (TPSA) is 35.2 Å². The minimum atomic E-state index is 0.0383. The van der Waals surface area contributed by atoms with Crippen LogP contribution in [0.5, 0.6) is 11.5 Å². The second-order valence-electron chi connectivity index (χ2n) is 4.37. The van der Waals surface area contributed by atoms with Crippen LogP contribution >= 0.6 is 11.6 Å². The molecule has 18 heavy (non-hydrogen) atoms. The van der Waals surface area contributed by atoms with E-state index in [4.69, 9.17) is 22.1 Å². The number of nitrogens with two attached hydrogens (primary N) is 1. The van der Waals surface area contributed by atoms with Gasteiger partial charge in [0, 0.05) is 11.1 Å². The first kappa shape index (κ1) is 12.9. The summed E-state index contributed by atoms with van der Waals surface area (Å²) in [6.45, 7) is 3.93. The van der Waals surface area contributed by atoms with E-state index >= 15 is 0 Å². The Morgan fingerprint density at radius 3 is 2.33 bits per heavy atom. The maximum Gasteiger partial charge on any atom is 0.130 e. The maximum absolute atomic E-state index is 5.91. The van der Waals surface area contributed by atoms with Crippen LogP contribution in [0.1, 0.15) is 24.1 Å². The molecular formula is C15H16ClNO. The fraction of sp³-hybridized carbons (Fsp3) is 0.200. The quantitative estimate of drug-likeness (QED) is 0.885. The molecule has 1 unspecified atom stereocenters. The third kappa shape index (κ3) is 3.03. The molecule has 2 aromatic rings. The molecule has 0 saturated heterocycles. The summed E-state index contributed by atoms with van der Waals surface area (Å²) in [5, 5.41) is 0.715. The van der Waals surface area contributed by atoms with Gasteiger partial charge in [0.15, 0.2) is 0 Å². The van der Waals surface area contributed by atoms with Crippen molar-refractivity contribution in [3.63, 3.8) is 0 Å². The van der Waals surface area contributed by atoms with Crippen molar-refractivity contribution in [1.29, 1.82) is 0 Å². The van der Waals surface area contributed by atoms with Gasteiger partial charge in [-0.2, -0.15) is 0 Å². The molecule has 0 amide bonds. The van der Waals surface area contributed by atoms with Crippen LogP contribution in [-0.2, 0) is 0 Å². The Balaban J connectivity index is 2.18. The maximum atomic E-state index is 5.91. The van der Waals surface area contributed by atoms with E-state index in [0.29, 0.717) is 5.02 Å². The average Bonchev–Trinajstić information content (AvgIpc) is 2.33. The lowest BCUT2D eigenvalue weighted by atomic mass is 10.1. The summed E-state index contributed by atoms with van der Waals surface area (Å²) >= 11 is 5.91. The molecule has 0 aromatic heterocycles. The highest BCUT2D eigenvalue weighted by atomic mass is 35.5. The fourth-order valence-corrected chi connectivity index (χ4v) is 1.92. The summed E-state index contributed by atoms with van der Waals surface area (Å²) < 4.78 is 5.80. The third-order valence-electron chi connectivity index (χ3n) is 2.77. The molecule has 0 bridgehead atoms. The first-order chi connectivity index (χ1) is 8.56. The van der Waals surface area contributed by atoms with Gasteiger partial charge in [-0.1, -0.05) is 23.7 Å². The monoisotopic (exact) mass is 261 g/mol. The number of hydrogen-bond donors (Lipinski definition) is 1. The SMILES string of the molecule is Cc1cc(Cl)ccc1Oc1ccc(C(C)N)cc1. The van der Waals surface area contributed by atoms with Crippen molar-refractivity contribution in [3.05, 3.63) is 58.6 Å². The lowest BCUT2D eigenvalue weighted by Crippen LogP contribution is -2.04. The van der Waals surface area contributed by atoms with E-state index in [1.807, 2.05) is 56.3 Å². The van der Waals surface area contributed by atoms with Gasteiger partial charge in [0.1, 0.15) is 11.5 Å². The summed E-state index contributed by atoms with van der Waals surface area (Å²) in [4.78, 5) is 0. The van der Waals surface area contributed by atoms with Crippen molar-refractivity contribution in [3.8, 4) is 11.5 Å². The Hall–Kier alpha value is -1.51. The molecule has 2 nitrogen and oxygen atoms in total. The summed E-state index contributed by atoms with van der Waals surface area (Å²) in [6, 6.07) is 13.4. The second kappa shape index (κ2) is 5.42. The molecule has 2 aromatic carbocycles. The normalized spacial score (nSPS) is 12.2. The molecule has 2 N–H and O–H groups in total. The molecule has 0 saturated carbocycles. The van der Waals surface area contributed by atoms with Crippen molar-refractivity contribution in [2.45, 2.75) is 19.9 Å². The molecule has 0 aliphatic carbocycles. The van der Waals surface area contributed by atoms with Crippen LogP contribution in [0.25, 0.3) is 0 Å². The van der Waals surface area contributed by atoms with Gasteiger partial charge in [0.25, 0.3) is 0 Å². The largest absolute Gasteiger partial charge is 0.457 e. The Kier molecular flexibility index (Phi) is 3.90. The number of aryl methyl sites for hydroxylation is 1. The van der Waals surface area contributed by atoms with Crippen molar-refractivity contribution in [1.82, 2.24) is 0 Å². The number of ether oxygens (including phenoxy) is 1. The Morgan fingerprint density at radius 1 is 1.11 bits per heavy atom. The highest BCUT2D eigenvalue weighted by Gasteiger charge is 2.03. The second-order valence-corrected chi connectivity index (χ2v) is 4.81. The van der Waals surface area contributed by atoms with E-state index in [0.717, 1.165) is 22.6 Å². The van der Waals surface area contributed by atoms with E-state index in [1.54, 1.807) is 0 Å². The molecular weight excluding hydrogens is 246 g/mol. The zero-order chi connectivity index (χ0) is 13.1. The van der Waals surface area contributed by atoms with E-state index < -0.39 is 0 Å². The van der Waals surface area contributed by atoms with E-state index in [9.17, 15) is 0 Å². The lowest BCUT2D eigenvalue weighted by molar-refractivity contribution is 0.478. The van der Waals surface area contributed by atoms with Gasteiger partial charge in [-0.15, -0.1) is 0 Å². The van der Waals surface area contributed by atoms with Gasteiger partial charge in [0.05, 0.1) is 0 Å².